The smallest absolute Gasteiger partial charge is 0.258 e. The summed E-state index contributed by atoms with van der Waals surface area (Å²) in [5, 5.41) is 2.69. The van der Waals surface area contributed by atoms with Gasteiger partial charge >= 0.3 is 0 Å². The Morgan fingerprint density at radius 1 is 1.12 bits per heavy atom. The zero-order chi connectivity index (χ0) is 17.7. The molecule has 1 aliphatic heterocycles. The molecule has 136 valence electrons. The van der Waals surface area contributed by atoms with Crippen molar-refractivity contribution in [2.75, 3.05) is 13.1 Å². The number of alkyl halides is 1. The summed E-state index contributed by atoms with van der Waals surface area (Å²) < 4.78 is 15.0. The normalized spacial score (nSPS) is 20.4. The predicted molar refractivity (Wildman–Crippen MR) is 94.5 cm³/mol. The highest BCUT2D eigenvalue weighted by Gasteiger charge is 2.42. The number of rotatable bonds is 5. The van der Waals surface area contributed by atoms with Crippen LogP contribution < -0.4 is 5.32 Å². The Kier molecular flexibility index (Phi) is 5.71. The highest BCUT2D eigenvalue weighted by molar-refractivity contribution is 5.85. The van der Waals surface area contributed by atoms with Gasteiger partial charge in [0.05, 0.1) is 0 Å². The first kappa shape index (κ1) is 17.9. The minimum Gasteiger partial charge on any atom is -0.349 e. The van der Waals surface area contributed by atoms with E-state index in [1.165, 1.54) is 12.8 Å². The van der Waals surface area contributed by atoms with Crippen LogP contribution in [0.25, 0.3) is 0 Å². The second kappa shape index (κ2) is 7.98. The van der Waals surface area contributed by atoms with E-state index in [0.29, 0.717) is 32.0 Å². The lowest BCUT2D eigenvalue weighted by molar-refractivity contribution is -0.142. The van der Waals surface area contributed by atoms with E-state index in [0.717, 1.165) is 18.4 Å². The largest absolute Gasteiger partial charge is 0.349 e. The Hall–Kier alpha value is -1.91. The number of halogens is 1. The zero-order valence-corrected chi connectivity index (χ0v) is 14.7. The van der Waals surface area contributed by atoms with Crippen LogP contribution >= 0.6 is 0 Å². The lowest BCUT2D eigenvalue weighted by Gasteiger charge is -2.35. The molecule has 1 saturated heterocycles. The number of hydrogen-bond acceptors (Lipinski definition) is 2. The first-order valence-corrected chi connectivity index (χ1v) is 9.36. The minimum absolute atomic E-state index is 0.0873. The van der Waals surface area contributed by atoms with Gasteiger partial charge in [0.1, 0.15) is 0 Å². The Morgan fingerprint density at radius 2 is 1.76 bits per heavy atom. The number of hydrogen-bond donors (Lipinski definition) is 1. The molecule has 2 fully saturated rings. The number of amides is 2. The van der Waals surface area contributed by atoms with Gasteiger partial charge in [0.15, 0.2) is 5.67 Å². The number of nitrogens with zero attached hydrogens (tertiary/aromatic N) is 1. The third-order valence-corrected chi connectivity index (χ3v) is 5.55. The van der Waals surface area contributed by atoms with Crippen molar-refractivity contribution in [2.45, 2.75) is 57.2 Å². The Balaban J connectivity index is 1.46. The van der Waals surface area contributed by atoms with E-state index in [-0.39, 0.29) is 18.7 Å². The van der Waals surface area contributed by atoms with E-state index < -0.39 is 11.6 Å². The van der Waals surface area contributed by atoms with E-state index in [2.05, 4.69) is 5.32 Å². The molecule has 0 spiro atoms. The number of carbonyl (C=O) groups excluding carboxylic acids is 2. The highest BCUT2D eigenvalue weighted by atomic mass is 19.1. The summed E-state index contributed by atoms with van der Waals surface area (Å²) in [4.78, 5) is 26.3. The summed E-state index contributed by atoms with van der Waals surface area (Å²) in [6.07, 6.45) is 5.46. The van der Waals surface area contributed by atoms with E-state index >= 15 is 0 Å². The molecule has 0 bridgehead atoms. The molecule has 25 heavy (non-hydrogen) atoms. The van der Waals surface area contributed by atoms with Gasteiger partial charge in [0.2, 0.25) is 5.91 Å². The van der Waals surface area contributed by atoms with Crippen LogP contribution in [0.4, 0.5) is 4.39 Å². The van der Waals surface area contributed by atoms with Gasteiger partial charge in [-0.25, -0.2) is 4.39 Å². The van der Waals surface area contributed by atoms with Crippen molar-refractivity contribution < 1.29 is 14.0 Å². The second-order valence-corrected chi connectivity index (χ2v) is 7.37. The van der Waals surface area contributed by atoms with Crippen LogP contribution in [0, 0.1) is 5.92 Å². The molecule has 1 aromatic carbocycles. The van der Waals surface area contributed by atoms with E-state index in [4.69, 9.17) is 0 Å². The summed E-state index contributed by atoms with van der Waals surface area (Å²) in [7, 11) is 0. The molecule has 5 heteroatoms. The van der Waals surface area contributed by atoms with Crippen molar-refractivity contribution in [3.05, 3.63) is 35.9 Å². The van der Waals surface area contributed by atoms with Crippen LogP contribution in [0.3, 0.4) is 0 Å². The van der Waals surface area contributed by atoms with Gasteiger partial charge in [-0.15, -0.1) is 0 Å². The maximum atomic E-state index is 15.0. The summed E-state index contributed by atoms with van der Waals surface area (Å²) >= 11 is 0. The van der Waals surface area contributed by atoms with Crippen molar-refractivity contribution >= 4 is 11.8 Å². The van der Waals surface area contributed by atoms with E-state index in [1.807, 2.05) is 30.3 Å². The quantitative estimate of drug-likeness (QED) is 0.890. The molecular formula is C20H27FN2O2. The number of nitrogens with one attached hydrogen (secondary N) is 1. The third-order valence-electron chi connectivity index (χ3n) is 5.55. The number of benzene rings is 1. The van der Waals surface area contributed by atoms with Crippen LogP contribution in [0.15, 0.2) is 30.3 Å². The van der Waals surface area contributed by atoms with Crippen LogP contribution in [0.2, 0.25) is 0 Å². The molecule has 4 nitrogen and oxygen atoms in total. The Bertz CT molecular complexity index is 591. The SMILES string of the molecule is O=C(CC1CCCC1)N1CCC(F)(C(=O)NCc2ccccc2)CC1. The Labute approximate surface area is 148 Å². The van der Waals surface area contributed by atoms with Gasteiger partial charge in [-0.05, 0) is 24.3 Å². The van der Waals surface area contributed by atoms with Crippen LogP contribution in [0.1, 0.15) is 50.5 Å². The van der Waals surface area contributed by atoms with Crippen molar-refractivity contribution in [1.29, 1.82) is 0 Å². The van der Waals surface area contributed by atoms with Gasteiger partial charge in [-0.3, -0.25) is 9.59 Å². The molecule has 0 aromatic heterocycles. The number of carbonyl (C=O) groups is 2. The number of likely N-dealkylation sites (tertiary alicyclic amines) is 1. The second-order valence-electron chi connectivity index (χ2n) is 7.37. The van der Waals surface area contributed by atoms with E-state index in [1.54, 1.807) is 4.90 Å². The van der Waals surface area contributed by atoms with Crippen LogP contribution in [0.5, 0.6) is 0 Å². The maximum absolute atomic E-state index is 15.0. The first-order chi connectivity index (χ1) is 12.1. The molecular weight excluding hydrogens is 319 g/mol. The molecule has 1 aromatic rings. The lowest BCUT2D eigenvalue weighted by atomic mass is 9.91. The molecule has 1 aliphatic carbocycles. The molecule has 0 unspecified atom stereocenters. The van der Waals surface area contributed by atoms with Gasteiger partial charge in [-0.2, -0.15) is 0 Å². The van der Waals surface area contributed by atoms with Gasteiger partial charge in [-0.1, -0.05) is 43.2 Å². The molecule has 2 amide bonds. The molecule has 1 N–H and O–H groups in total. The summed E-state index contributed by atoms with van der Waals surface area (Å²) in [6, 6.07) is 9.48. The number of piperidine rings is 1. The molecule has 3 rings (SSSR count). The fourth-order valence-corrected chi connectivity index (χ4v) is 3.86. The predicted octanol–water partition coefficient (Wildman–Crippen LogP) is 3.21. The minimum atomic E-state index is -1.86. The average molecular weight is 346 g/mol. The van der Waals surface area contributed by atoms with E-state index in [9.17, 15) is 14.0 Å². The zero-order valence-electron chi connectivity index (χ0n) is 14.7. The Morgan fingerprint density at radius 3 is 2.40 bits per heavy atom. The van der Waals surface area contributed by atoms with Gasteiger partial charge in [0.25, 0.3) is 5.91 Å². The average Bonchev–Trinajstić information content (AvgIpc) is 3.14. The van der Waals surface area contributed by atoms with Crippen molar-refractivity contribution in [3.8, 4) is 0 Å². The molecule has 1 heterocycles. The van der Waals surface area contributed by atoms with Crippen molar-refractivity contribution in [1.82, 2.24) is 10.2 Å². The molecule has 0 radical (unpaired) electrons. The topological polar surface area (TPSA) is 49.4 Å². The fraction of sp³-hybridized carbons (Fsp3) is 0.600. The maximum Gasteiger partial charge on any atom is 0.258 e. The van der Waals surface area contributed by atoms with Gasteiger partial charge < -0.3 is 10.2 Å². The summed E-state index contributed by atoms with van der Waals surface area (Å²) in [6.45, 7) is 0.997. The lowest BCUT2D eigenvalue weighted by Crippen LogP contribution is -2.52. The van der Waals surface area contributed by atoms with Crippen LogP contribution in [-0.4, -0.2) is 35.5 Å². The highest BCUT2D eigenvalue weighted by Crippen LogP contribution is 2.31. The van der Waals surface area contributed by atoms with Crippen LogP contribution in [-0.2, 0) is 16.1 Å². The monoisotopic (exact) mass is 346 g/mol. The summed E-state index contributed by atoms with van der Waals surface area (Å²) in [5.41, 5.74) is -0.914. The fourth-order valence-electron chi connectivity index (χ4n) is 3.86. The molecule has 0 atom stereocenters. The molecule has 1 saturated carbocycles. The summed E-state index contributed by atoms with van der Waals surface area (Å²) in [5.74, 6) is 0.0663. The standard InChI is InChI=1S/C20H27FN2O2/c21-20(19(25)22-15-17-8-2-1-3-9-17)10-12-23(13-11-20)18(24)14-16-6-4-5-7-16/h1-3,8-9,16H,4-7,10-15H2,(H,22,25). The molecule has 2 aliphatic rings. The van der Waals surface area contributed by atoms with Crippen molar-refractivity contribution in [3.63, 3.8) is 0 Å². The third kappa shape index (κ3) is 4.59. The van der Waals surface area contributed by atoms with Crippen molar-refractivity contribution in [2.24, 2.45) is 5.92 Å². The van der Waals surface area contributed by atoms with Gasteiger partial charge in [0, 0.05) is 38.9 Å². The first-order valence-electron chi connectivity index (χ1n) is 9.36.